The largest absolute Gasteiger partial charge is 0.478 e. The molecule has 100 valence electrons. The summed E-state index contributed by atoms with van der Waals surface area (Å²) < 4.78 is 0. The van der Waals surface area contributed by atoms with Crippen LogP contribution in [0.5, 0.6) is 0 Å². The third kappa shape index (κ3) is 2.21. The van der Waals surface area contributed by atoms with Crippen LogP contribution in [0, 0.1) is 11.8 Å². The van der Waals surface area contributed by atoms with Crippen LogP contribution >= 0.6 is 11.6 Å². The molecule has 0 aliphatic carbocycles. The van der Waals surface area contributed by atoms with Crippen LogP contribution in [0.15, 0.2) is 18.2 Å². The van der Waals surface area contributed by atoms with E-state index in [1.165, 1.54) is 18.2 Å². The third-order valence-corrected chi connectivity index (χ3v) is 3.58. The predicted molar refractivity (Wildman–Crippen MR) is 69.2 cm³/mol. The van der Waals surface area contributed by atoms with Crippen molar-refractivity contribution < 1.29 is 19.5 Å². The predicted octanol–water partition coefficient (Wildman–Crippen LogP) is 2.18. The van der Waals surface area contributed by atoms with E-state index < -0.39 is 17.8 Å². The summed E-state index contributed by atoms with van der Waals surface area (Å²) in [6.07, 6.45) is 0. The summed E-state index contributed by atoms with van der Waals surface area (Å²) in [5, 5.41) is 9.13. The quantitative estimate of drug-likeness (QED) is 0.843. The second-order valence-electron chi connectivity index (χ2n) is 4.59. The molecule has 19 heavy (non-hydrogen) atoms. The lowest BCUT2D eigenvalue weighted by atomic mass is 10.00. The van der Waals surface area contributed by atoms with Gasteiger partial charge in [-0.2, -0.15) is 0 Å². The number of aromatic carboxylic acids is 1. The van der Waals surface area contributed by atoms with E-state index in [-0.39, 0.29) is 28.1 Å². The highest BCUT2D eigenvalue weighted by Crippen LogP contribution is 2.32. The molecule has 1 aliphatic rings. The van der Waals surface area contributed by atoms with Crippen molar-refractivity contribution in [2.45, 2.75) is 13.8 Å². The number of hydrogen-bond acceptors (Lipinski definition) is 3. The monoisotopic (exact) mass is 281 g/mol. The van der Waals surface area contributed by atoms with Gasteiger partial charge in [-0.05, 0) is 18.2 Å². The molecule has 1 heterocycles. The van der Waals surface area contributed by atoms with Gasteiger partial charge in [-0.25, -0.2) is 9.69 Å². The Balaban J connectivity index is 2.50. The van der Waals surface area contributed by atoms with E-state index in [9.17, 15) is 14.4 Å². The van der Waals surface area contributed by atoms with E-state index in [4.69, 9.17) is 16.7 Å². The molecule has 0 saturated carbocycles. The number of amides is 2. The normalized spacial score (nSPS) is 23.0. The van der Waals surface area contributed by atoms with E-state index in [0.717, 1.165) is 4.90 Å². The first-order valence-electron chi connectivity index (χ1n) is 5.74. The molecule has 1 saturated heterocycles. The summed E-state index contributed by atoms with van der Waals surface area (Å²) in [4.78, 5) is 36.0. The number of carboxylic acid groups (broad SMARTS) is 1. The van der Waals surface area contributed by atoms with Gasteiger partial charge in [0.05, 0.1) is 11.3 Å². The molecule has 1 aromatic carbocycles. The van der Waals surface area contributed by atoms with Gasteiger partial charge in [0.2, 0.25) is 11.8 Å². The van der Waals surface area contributed by atoms with E-state index >= 15 is 0 Å². The first-order valence-corrected chi connectivity index (χ1v) is 6.12. The van der Waals surface area contributed by atoms with Crippen molar-refractivity contribution in [3.63, 3.8) is 0 Å². The van der Waals surface area contributed by atoms with E-state index in [1.807, 2.05) is 0 Å². The van der Waals surface area contributed by atoms with Gasteiger partial charge in [0.15, 0.2) is 0 Å². The van der Waals surface area contributed by atoms with Gasteiger partial charge in [0, 0.05) is 16.9 Å². The minimum Gasteiger partial charge on any atom is -0.478 e. The van der Waals surface area contributed by atoms with Crippen LogP contribution in [0.25, 0.3) is 0 Å². The Morgan fingerprint density at radius 3 is 2.16 bits per heavy atom. The molecule has 2 atom stereocenters. The molecule has 1 aliphatic heterocycles. The zero-order chi connectivity index (χ0) is 14.3. The summed E-state index contributed by atoms with van der Waals surface area (Å²) in [6.45, 7) is 3.35. The first-order chi connectivity index (χ1) is 8.82. The number of benzene rings is 1. The molecule has 2 rings (SSSR count). The molecule has 1 N–H and O–H groups in total. The van der Waals surface area contributed by atoms with Crippen molar-refractivity contribution in [3.8, 4) is 0 Å². The number of hydrogen-bond donors (Lipinski definition) is 1. The van der Waals surface area contributed by atoms with Crippen molar-refractivity contribution in [2.75, 3.05) is 4.90 Å². The van der Waals surface area contributed by atoms with E-state index in [1.54, 1.807) is 13.8 Å². The molecule has 0 bridgehead atoms. The van der Waals surface area contributed by atoms with Crippen LogP contribution in [0.2, 0.25) is 5.02 Å². The van der Waals surface area contributed by atoms with Gasteiger partial charge >= 0.3 is 5.97 Å². The van der Waals surface area contributed by atoms with Crippen molar-refractivity contribution in [3.05, 3.63) is 28.8 Å². The summed E-state index contributed by atoms with van der Waals surface area (Å²) in [5.74, 6) is -2.67. The van der Waals surface area contributed by atoms with Crippen molar-refractivity contribution in [1.29, 1.82) is 0 Å². The van der Waals surface area contributed by atoms with E-state index in [2.05, 4.69) is 0 Å². The maximum Gasteiger partial charge on any atom is 0.335 e. The highest BCUT2D eigenvalue weighted by atomic mass is 35.5. The second-order valence-corrected chi connectivity index (χ2v) is 5.03. The number of halogens is 1. The van der Waals surface area contributed by atoms with Crippen molar-refractivity contribution in [2.24, 2.45) is 11.8 Å². The Morgan fingerprint density at radius 2 is 1.68 bits per heavy atom. The first kappa shape index (κ1) is 13.5. The average Bonchev–Trinajstić information content (AvgIpc) is 2.53. The molecule has 0 aromatic heterocycles. The Kier molecular flexibility index (Phi) is 3.32. The molecular formula is C13H12ClNO4. The number of imide groups is 1. The maximum absolute atomic E-state index is 12.0. The lowest BCUT2D eigenvalue weighted by Crippen LogP contribution is -2.30. The SMILES string of the molecule is CC1C(=O)N(c2cc(Cl)cc(C(=O)O)c2)C(=O)C1C. The topological polar surface area (TPSA) is 74.7 Å². The number of carboxylic acids is 1. The van der Waals surface area contributed by atoms with E-state index in [0.29, 0.717) is 0 Å². The highest BCUT2D eigenvalue weighted by Gasteiger charge is 2.43. The third-order valence-electron chi connectivity index (χ3n) is 3.36. The number of carbonyl (C=O) groups excluding carboxylic acids is 2. The van der Waals surface area contributed by atoms with Crippen LogP contribution < -0.4 is 4.90 Å². The second kappa shape index (κ2) is 4.66. The van der Waals surface area contributed by atoms with Gasteiger partial charge in [-0.1, -0.05) is 25.4 Å². The van der Waals surface area contributed by atoms with Gasteiger partial charge in [-0.15, -0.1) is 0 Å². The van der Waals surface area contributed by atoms with Crippen molar-refractivity contribution in [1.82, 2.24) is 0 Å². The van der Waals surface area contributed by atoms with Crippen molar-refractivity contribution >= 4 is 35.1 Å². The standard InChI is InChI=1S/C13H12ClNO4/c1-6-7(2)12(17)15(11(6)16)10-4-8(13(18)19)3-9(14)5-10/h3-7H,1-2H3,(H,18,19). The number of nitrogens with zero attached hydrogens (tertiary/aromatic N) is 1. The number of rotatable bonds is 2. The fraction of sp³-hybridized carbons (Fsp3) is 0.308. The molecule has 6 heteroatoms. The molecule has 1 fully saturated rings. The zero-order valence-electron chi connectivity index (χ0n) is 10.4. The Morgan fingerprint density at radius 1 is 1.16 bits per heavy atom. The lowest BCUT2D eigenvalue weighted by Gasteiger charge is -2.15. The Labute approximate surface area is 114 Å². The summed E-state index contributed by atoms with van der Waals surface area (Å²) >= 11 is 5.83. The molecular weight excluding hydrogens is 270 g/mol. The van der Waals surface area contributed by atoms with Gasteiger partial charge in [0.1, 0.15) is 0 Å². The molecule has 0 radical (unpaired) electrons. The van der Waals surface area contributed by atoms with Crippen LogP contribution in [-0.2, 0) is 9.59 Å². The smallest absolute Gasteiger partial charge is 0.335 e. The summed E-state index contributed by atoms with van der Waals surface area (Å²) in [5.41, 5.74) is 0.145. The number of carbonyl (C=O) groups is 3. The lowest BCUT2D eigenvalue weighted by molar-refractivity contribution is -0.122. The zero-order valence-corrected chi connectivity index (χ0v) is 11.1. The molecule has 2 unspecified atom stereocenters. The molecule has 0 spiro atoms. The molecule has 2 amide bonds. The molecule has 1 aromatic rings. The fourth-order valence-corrected chi connectivity index (χ4v) is 2.25. The Bertz CT molecular complexity index is 564. The average molecular weight is 282 g/mol. The summed E-state index contributed by atoms with van der Waals surface area (Å²) in [7, 11) is 0. The Hall–Kier alpha value is -1.88. The fourth-order valence-electron chi connectivity index (χ4n) is 2.02. The van der Waals surface area contributed by atoms with Gasteiger partial charge in [0.25, 0.3) is 0 Å². The minimum absolute atomic E-state index is 0.0599. The van der Waals surface area contributed by atoms with Gasteiger partial charge < -0.3 is 5.11 Å². The van der Waals surface area contributed by atoms with Gasteiger partial charge in [-0.3, -0.25) is 9.59 Å². The molecule has 5 nitrogen and oxygen atoms in total. The summed E-state index contributed by atoms with van der Waals surface area (Å²) in [6, 6.07) is 3.95. The van der Waals surface area contributed by atoms with Crippen LogP contribution in [-0.4, -0.2) is 22.9 Å². The maximum atomic E-state index is 12.0. The van der Waals surface area contributed by atoms with Crippen LogP contribution in [0.3, 0.4) is 0 Å². The van der Waals surface area contributed by atoms with Crippen LogP contribution in [0.4, 0.5) is 5.69 Å². The minimum atomic E-state index is -1.16. The number of anilines is 1. The van der Waals surface area contributed by atoms with Crippen LogP contribution in [0.1, 0.15) is 24.2 Å². The highest BCUT2D eigenvalue weighted by molar-refractivity contribution is 6.32.